The maximum Gasteiger partial charge on any atom is 0.263 e. The second-order valence-electron chi connectivity index (χ2n) is 4.83. The fraction of sp³-hybridized carbons (Fsp3) is 0.375. The van der Waals surface area contributed by atoms with E-state index in [2.05, 4.69) is 5.32 Å². The summed E-state index contributed by atoms with van der Waals surface area (Å²) in [6.07, 6.45) is 1.63. The molecule has 0 atom stereocenters. The van der Waals surface area contributed by atoms with E-state index in [1.54, 1.807) is 6.20 Å². The number of nitrogens with one attached hydrogen (secondary N) is 1. The van der Waals surface area contributed by atoms with Crippen LogP contribution in [-0.4, -0.2) is 23.4 Å². The van der Waals surface area contributed by atoms with E-state index >= 15 is 0 Å². The minimum atomic E-state index is -0.325. The molecule has 1 aromatic rings. The molecule has 0 aromatic heterocycles. The molecule has 0 saturated heterocycles. The zero-order valence-corrected chi connectivity index (χ0v) is 12.3. The number of nitrogens with zero attached hydrogens (tertiary/aromatic N) is 2. The SMILES string of the molecule is CCN(/C=C(/C#N)C(=O)NC(C)C)Cc1ccccc1. The van der Waals surface area contributed by atoms with Crippen molar-refractivity contribution in [2.24, 2.45) is 0 Å². The standard InChI is InChI=1S/C16H21N3O/c1-4-19(11-14-8-6-5-7-9-14)12-15(10-17)16(20)18-13(2)3/h5-9,12-13H,4,11H2,1-3H3,(H,18,20)/b15-12-. The lowest BCUT2D eigenvalue weighted by Gasteiger charge is -2.19. The van der Waals surface area contributed by atoms with E-state index in [1.165, 1.54) is 0 Å². The average molecular weight is 271 g/mol. The van der Waals surface area contributed by atoms with Crippen molar-refractivity contribution in [3.05, 3.63) is 47.7 Å². The Morgan fingerprint density at radius 2 is 2.05 bits per heavy atom. The first-order valence-electron chi connectivity index (χ1n) is 6.77. The van der Waals surface area contributed by atoms with Gasteiger partial charge in [-0.1, -0.05) is 30.3 Å². The third kappa shape index (κ3) is 5.15. The quantitative estimate of drug-likeness (QED) is 0.638. The number of rotatable bonds is 6. The van der Waals surface area contributed by atoms with Crippen LogP contribution in [0.15, 0.2) is 42.1 Å². The molecule has 0 radical (unpaired) electrons. The molecule has 0 bridgehead atoms. The molecule has 106 valence electrons. The van der Waals surface area contributed by atoms with Gasteiger partial charge in [0.2, 0.25) is 0 Å². The van der Waals surface area contributed by atoms with E-state index < -0.39 is 0 Å². The number of carbonyl (C=O) groups is 1. The molecule has 1 aromatic carbocycles. The molecule has 0 heterocycles. The van der Waals surface area contributed by atoms with Gasteiger partial charge in [-0.05, 0) is 26.3 Å². The first-order valence-corrected chi connectivity index (χ1v) is 6.77. The molecule has 1 amide bonds. The maximum absolute atomic E-state index is 11.9. The van der Waals surface area contributed by atoms with E-state index in [0.717, 1.165) is 12.1 Å². The fourth-order valence-electron chi connectivity index (χ4n) is 1.73. The number of amides is 1. The van der Waals surface area contributed by atoms with Crippen molar-refractivity contribution in [2.45, 2.75) is 33.4 Å². The summed E-state index contributed by atoms with van der Waals surface area (Å²) in [5.74, 6) is -0.325. The first-order chi connectivity index (χ1) is 9.56. The van der Waals surface area contributed by atoms with Gasteiger partial charge in [0, 0.05) is 25.3 Å². The van der Waals surface area contributed by atoms with Crippen LogP contribution in [-0.2, 0) is 11.3 Å². The average Bonchev–Trinajstić information content (AvgIpc) is 2.43. The second-order valence-corrected chi connectivity index (χ2v) is 4.83. The van der Waals surface area contributed by atoms with Gasteiger partial charge in [0.25, 0.3) is 5.91 Å². The molecule has 0 aliphatic carbocycles. The van der Waals surface area contributed by atoms with Crippen LogP contribution in [0.5, 0.6) is 0 Å². The second kappa shape index (κ2) is 8.00. The van der Waals surface area contributed by atoms with Gasteiger partial charge in [-0.25, -0.2) is 0 Å². The molecule has 4 nitrogen and oxygen atoms in total. The third-order valence-corrected chi connectivity index (χ3v) is 2.73. The summed E-state index contributed by atoms with van der Waals surface area (Å²) in [4.78, 5) is 13.8. The van der Waals surface area contributed by atoms with Crippen molar-refractivity contribution >= 4 is 5.91 Å². The van der Waals surface area contributed by atoms with E-state index in [1.807, 2.05) is 62.1 Å². The van der Waals surface area contributed by atoms with Crippen LogP contribution in [0, 0.1) is 11.3 Å². The molecule has 0 saturated carbocycles. The molecule has 1 rings (SSSR count). The van der Waals surface area contributed by atoms with Gasteiger partial charge in [-0.2, -0.15) is 5.26 Å². The topological polar surface area (TPSA) is 56.1 Å². The maximum atomic E-state index is 11.9. The molecular weight excluding hydrogens is 250 g/mol. The third-order valence-electron chi connectivity index (χ3n) is 2.73. The molecule has 1 N–H and O–H groups in total. The van der Waals surface area contributed by atoms with Gasteiger partial charge in [0.15, 0.2) is 0 Å². The van der Waals surface area contributed by atoms with Gasteiger partial charge in [-0.15, -0.1) is 0 Å². The molecule has 20 heavy (non-hydrogen) atoms. The van der Waals surface area contributed by atoms with Crippen molar-refractivity contribution in [2.75, 3.05) is 6.54 Å². The molecule has 0 aliphatic rings. The Labute approximate surface area is 120 Å². The van der Waals surface area contributed by atoms with Crippen LogP contribution < -0.4 is 5.32 Å². The monoisotopic (exact) mass is 271 g/mol. The van der Waals surface area contributed by atoms with Crippen molar-refractivity contribution in [3.63, 3.8) is 0 Å². The molecule has 0 spiro atoms. The summed E-state index contributed by atoms with van der Waals surface area (Å²) in [5, 5.41) is 11.8. The van der Waals surface area contributed by atoms with Crippen LogP contribution in [0.2, 0.25) is 0 Å². The Morgan fingerprint density at radius 1 is 1.40 bits per heavy atom. The fourth-order valence-corrected chi connectivity index (χ4v) is 1.73. The van der Waals surface area contributed by atoms with E-state index in [-0.39, 0.29) is 17.5 Å². The number of hydrogen-bond acceptors (Lipinski definition) is 3. The lowest BCUT2D eigenvalue weighted by Crippen LogP contribution is -2.32. The predicted octanol–water partition coefficient (Wildman–Crippen LogP) is 2.44. The van der Waals surface area contributed by atoms with Gasteiger partial charge in [0.05, 0.1) is 0 Å². The lowest BCUT2D eigenvalue weighted by molar-refractivity contribution is -0.117. The smallest absolute Gasteiger partial charge is 0.263 e. The van der Waals surface area contributed by atoms with Gasteiger partial charge in [-0.3, -0.25) is 4.79 Å². The zero-order chi connectivity index (χ0) is 15.0. The van der Waals surface area contributed by atoms with Crippen LogP contribution in [0.1, 0.15) is 26.3 Å². The van der Waals surface area contributed by atoms with Gasteiger partial charge >= 0.3 is 0 Å². The van der Waals surface area contributed by atoms with E-state index in [4.69, 9.17) is 5.26 Å². The van der Waals surface area contributed by atoms with Crippen LogP contribution >= 0.6 is 0 Å². The normalized spacial score (nSPS) is 11.1. The molecular formula is C16H21N3O. The summed E-state index contributed by atoms with van der Waals surface area (Å²) < 4.78 is 0. The highest BCUT2D eigenvalue weighted by Crippen LogP contribution is 2.07. The Bertz CT molecular complexity index is 500. The summed E-state index contributed by atoms with van der Waals surface area (Å²) in [6.45, 7) is 7.14. The Morgan fingerprint density at radius 3 is 2.55 bits per heavy atom. The number of hydrogen-bond donors (Lipinski definition) is 1. The van der Waals surface area contributed by atoms with E-state index in [9.17, 15) is 4.79 Å². The number of carbonyl (C=O) groups excluding carboxylic acids is 1. The Kier molecular flexibility index (Phi) is 6.31. The minimum absolute atomic E-state index is 0.0171. The highest BCUT2D eigenvalue weighted by molar-refractivity contribution is 5.97. The van der Waals surface area contributed by atoms with Crippen LogP contribution in [0.25, 0.3) is 0 Å². The lowest BCUT2D eigenvalue weighted by atomic mass is 10.2. The van der Waals surface area contributed by atoms with Crippen LogP contribution in [0.3, 0.4) is 0 Å². The van der Waals surface area contributed by atoms with Crippen molar-refractivity contribution < 1.29 is 4.79 Å². The van der Waals surface area contributed by atoms with Gasteiger partial charge in [0.1, 0.15) is 11.6 Å². The highest BCUT2D eigenvalue weighted by Gasteiger charge is 2.11. The van der Waals surface area contributed by atoms with Crippen molar-refractivity contribution in [3.8, 4) is 6.07 Å². The highest BCUT2D eigenvalue weighted by atomic mass is 16.1. The van der Waals surface area contributed by atoms with E-state index in [0.29, 0.717) is 6.54 Å². The first kappa shape index (κ1) is 15.8. The molecule has 0 aliphatic heterocycles. The number of nitriles is 1. The summed E-state index contributed by atoms with van der Waals surface area (Å²) >= 11 is 0. The molecule has 4 heteroatoms. The van der Waals surface area contributed by atoms with Gasteiger partial charge < -0.3 is 10.2 Å². The summed E-state index contributed by atoms with van der Waals surface area (Å²) in [6, 6.07) is 11.9. The Hall–Kier alpha value is -2.28. The Balaban J connectivity index is 2.80. The minimum Gasteiger partial charge on any atom is -0.372 e. The van der Waals surface area contributed by atoms with Crippen LogP contribution in [0.4, 0.5) is 0 Å². The number of benzene rings is 1. The van der Waals surface area contributed by atoms with Crippen molar-refractivity contribution in [1.29, 1.82) is 5.26 Å². The predicted molar refractivity (Wildman–Crippen MR) is 79.5 cm³/mol. The summed E-state index contributed by atoms with van der Waals surface area (Å²) in [7, 11) is 0. The summed E-state index contributed by atoms with van der Waals surface area (Å²) in [5.41, 5.74) is 1.28. The largest absolute Gasteiger partial charge is 0.372 e. The molecule has 0 fully saturated rings. The zero-order valence-electron chi connectivity index (χ0n) is 12.3. The van der Waals surface area contributed by atoms with Crippen molar-refractivity contribution in [1.82, 2.24) is 10.2 Å². The molecule has 0 unspecified atom stereocenters.